The van der Waals surface area contributed by atoms with E-state index in [0.29, 0.717) is 34.9 Å². The van der Waals surface area contributed by atoms with E-state index >= 15 is 0 Å². The molecule has 0 saturated carbocycles. The van der Waals surface area contributed by atoms with Crippen LogP contribution in [0.25, 0.3) is 10.9 Å². The molecule has 1 atom stereocenters. The Morgan fingerprint density at radius 3 is 2.38 bits per heavy atom. The largest absolute Gasteiger partial charge is 0.493 e. The van der Waals surface area contributed by atoms with Gasteiger partial charge in [0.15, 0.2) is 11.5 Å². The second-order valence-electron chi connectivity index (χ2n) is 9.49. The first-order chi connectivity index (χ1) is 19.4. The van der Waals surface area contributed by atoms with E-state index in [-0.39, 0.29) is 5.84 Å². The highest BCUT2D eigenvalue weighted by Crippen LogP contribution is 2.32. The van der Waals surface area contributed by atoms with Gasteiger partial charge in [0.1, 0.15) is 18.5 Å². The number of rotatable bonds is 11. The minimum Gasteiger partial charge on any atom is -0.493 e. The summed E-state index contributed by atoms with van der Waals surface area (Å²) in [5.41, 5.74) is 16.6. The van der Waals surface area contributed by atoms with Gasteiger partial charge in [0, 0.05) is 29.5 Å². The fourth-order valence-corrected chi connectivity index (χ4v) is 4.63. The highest BCUT2D eigenvalue weighted by atomic mass is 16.5. The fourth-order valence-electron chi connectivity index (χ4n) is 4.63. The van der Waals surface area contributed by atoms with Crippen molar-refractivity contribution in [2.24, 2.45) is 11.5 Å². The molecule has 40 heavy (non-hydrogen) atoms. The minimum absolute atomic E-state index is 0.0280. The standard InChI is InChI=1S/C32H31N5O3/c1-39-29-18-25(30(32(35)38)36-26-11-8-23(9-12-26)31(33)34)10-14-28(29)40-20-22-7-13-27-24(17-22)15-16-37(27)19-21-5-3-2-4-6-21/h2-18,30,36H,19-20H2,1H3,(H3,33,34)(H2,35,38). The Morgan fingerprint density at radius 2 is 1.68 bits per heavy atom. The number of methoxy groups -OCH3 is 1. The zero-order valence-electron chi connectivity index (χ0n) is 22.1. The quantitative estimate of drug-likeness (QED) is 0.137. The monoisotopic (exact) mass is 533 g/mol. The number of hydrogen-bond acceptors (Lipinski definition) is 5. The average Bonchev–Trinajstić information content (AvgIpc) is 3.37. The second-order valence-corrected chi connectivity index (χ2v) is 9.49. The number of carbonyl (C=O) groups is 1. The highest BCUT2D eigenvalue weighted by molar-refractivity contribution is 5.95. The number of nitrogens with zero attached hydrogens (tertiary/aromatic N) is 1. The number of benzene rings is 4. The lowest BCUT2D eigenvalue weighted by Gasteiger charge is -2.19. The Morgan fingerprint density at radius 1 is 0.900 bits per heavy atom. The summed E-state index contributed by atoms with van der Waals surface area (Å²) >= 11 is 0. The van der Waals surface area contributed by atoms with Crippen LogP contribution in [0.3, 0.4) is 0 Å². The normalized spacial score (nSPS) is 11.6. The van der Waals surface area contributed by atoms with Crippen LogP contribution in [0, 0.1) is 5.41 Å². The van der Waals surface area contributed by atoms with Gasteiger partial charge in [0.2, 0.25) is 5.91 Å². The van der Waals surface area contributed by atoms with Gasteiger partial charge in [0.05, 0.1) is 7.11 Å². The molecule has 8 heteroatoms. The Labute approximate surface area is 232 Å². The molecule has 5 aromatic rings. The topological polar surface area (TPSA) is 128 Å². The number of nitrogen functional groups attached to an aromatic ring is 1. The Balaban J connectivity index is 1.29. The highest BCUT2D eigenvalue weighted by Gasteiger charge is 2.20. The first-order valence-corrected chi connectivity index (χ1v) is 12.8. The van der Waals surface area contributed by atoms with Crippen LogP contribution in [-0.2, 0) is 17.9 Å². The molecule has 0 bridgehead atoms. The van der Waals surface area contributed by atoms with Gasteiger partial charge in [-0.25, -0.2) is 0 Å². The third-order valence-electron chi connectivity index (χ3n) is 6.74. The van der Waals surface area contributed by atoms with Crippen molar-refractivity contribution in [1.29, 1.82) is 5.41 Å². The molecule has 5 rings (SSSR count). The molecular weight excluding hydrogens is 502 g/mol. The molecule has 202 valence electrons. The maximum Gasteiger partial charge on any atom is 0.244 e. The van der Waals surface area contributed by atoms with Crippen molar-refractivity contribution in [2.45, 2.75) is 19.2 Å². The molecule has 6 N–H and O–H groups in total. The zero-order valence-corrected chi connectivity index (χ0v) is 22.1. The van der Waals surface area contributed by atoms with Crippen LogP contribution < -0.4 is 26.3 Å². The van der Waals surface area contributed by atoms with Gasteiger partial charge in [0.25, 0.3) is 0 Å². The van der Waals surface area contributed by atoms with E-state index in [2.05, 4.69) is 64.6 Å². The lowest BCUT2D eigenvalue weighted by atomic mass is 10.0. The first-order valence-electron chi connectivity index (χ1n) is 12.8. The van der Waals surface area contributed by atoms with Crippen LogP contribution in [0.1, 0.15) is 28.3 Å². The molecule has 0 spiro atoms. The molecule has 0 aliphatic carbocycles. The molecule has 0 fully saturated rings. The minimum atomic E-state index is -0.798. The van der Waals surface area contributed by atoms with Crippen molar-refractivity contribution in [3.05, 3.63) is 126 Å². The summed E-state index contributed by atoms with van der Waals surface area (Å²) in [6, 6.07) is 30.2. The number of fused-ring (bicyclic) bond motifs is 1. The fraction of sp³-hybridized carbons (Fsp3) is 0.125. The van der Waals surface area contributed by atoms with Crippen LogP contribution in [0.2, 0.25) is 0 Å². The Kier molecular flexibility index (Phi) is 7.68. The molecule has 0 radical (unpaired) electrons. The van der Waals surface area contributed by atoms with E-state index in [1.54, 1.807) is 49.6 Å². The van der Waals surface area contributed by atoms with Crippen molar-refractivity contribution in [3.63, 3.8) is 0 Å². The van der Waals surface area contributed by atoms with Crippen LogP contribution in [0.5, 0.6) is 11.5 Å². The van der Waals surface area contributed by atoms with Gasteiger partial charge < -0.3 is 30.8 Å². The van der Waals surface area contributed by atoms with E-state index in [1.165, 1.54) is 5.56 Å². The number of carbonyl (C=O) groups excluding carboxylic acids is 1. The summed E-state index contributed by atoms with van der Waals surface area (Å²) in [6.07, 6.45) is 2.10. The molecule has 4 aromatic carbocycles. The van der Waals surface area contributed by atoms with Gasteiger partial charge >= 0.3 is 0 Å². The zero-order chi connectivity index (χ0) is 28.1. The Bertz CT molecular complexity index is 1650. The third-order valence-corrected chi connectivity index (χ3v) is 6.74. The lowest BCUT2D eigenvalue weighted by molar-refractivity contribution is -0.118. The lowest BCUT2D eigenvalue weighted by Crippen LogP contribution is -2.27. The molecule has 1 heterocycles. The van der Waals surface area contributed by atoms with Crippen molar-refractivity contribution < 1.29 is 14.3 Å². The molecule has 1 amide bonds. The van der Waals surface area contributed by atoms with Gasteiger partial charge in [-0.3, -0.25) is 10.2 Å². The molecular formula is C32H31N5O3. The number of hydrogen-bond donors (Lipinski definition) is 4. The molecule has 1 aromatic heterocycles. The number of ether oxygens (including phenoxy) is 2. The summed E-state index contributed by atoms with van der Waals surface area (Å²) in [6.45, 7) is 1.17. The summed E-state index contributed by atoms with van der Waals surface area (Å²) in [4.78, 5) is 12.3. The Hall–Kier alpha value is -5.24. The summed E-state index contributed by atoms with van der Waals surface area (Å²) in [5.74, 6) is 0.480. The molecule has 1 unspecified atom stereocenters. The number of amides is 1. The number of anilines is 1. The summed E-state index contributed by atoms with van der Waals surface area (Å²) < 4.78 is 13.9. The number of amidine groups is 1. The number of aromatic nitrogens is 1. The molecule has 0 aliphatic heterocycles. The molecule has 0 saturated heterocycles. The third kappa shape index (κ3) is 5.91. The maximum atomic E-state index is 12.3. The van der Waals surface area contributed by atoms with Crippen LogP contribution in [0.4, 0.5) is 5.69 Å². The van der Waals surface area contributed by atoms with Crippen molar-refractivity contribution >= 4 is 28.3 Å². The van der Waals surface area contributed by atoms with Gasteiger partial charge in [-0.2, -0.15) is 0 Å². The predicted octanol–water partition coefficient (Wildman–Crippen LogP) is 5.20. The van der Waals surface area contributed by atoms with Gasteiger partial charge in [-0.1, -0.05) is 42.5 Å². The van der Waals surface area contributed by atoms with E-state index in [4.69, 9.17) is 26.4 Å². The smallest absolute Gasteiger partial charge is 0.244 e. The average molecular weight is 534 g/mol. The van der Waals surface area contributed by atoms with Crippen LogP contribution in [0.15, 0.2) is 103 Å². The second kappa shape index (κ2) is 11.7. The molecule has 8 nitrogen and oxygen atoms in total. The SMILES string of the molecule is COc1cc(C(Nc2ccc(C(=N)N)cc2)C(N)=O)ccc1OCc1ccc2c(ccn2Cc2ccccc2)c1. The summed E-state index contributed by atoms with van der Waals surface area (Å²) in [5, 5.41) is 11.8. The van der Waals surface area contributed by atoms with Crippen molar-refractivity contribution in [2.75, 3.05) is 12.4 Å². The number of nitrogens with two attached hydrogens (primary N) is 2. The van der Waals surface area contributed by atoms with E-state index < -0.39 is 11.9 Å². The van der Waals surface area contributed by atoms with E-state index in [0.717, 1.165) is 23.0 Å². The number of nitrogens with one attached hydrogen (secondary N) is 2. The van der Waals surface area contributed by atoms with Crippen LogP contribution in [-0.4, -0.2) is 23.4 Å². The van der Waals surface area contributed by atoms with E-state index in [1.807, 2.05) is 6.07 Å². The van der Waals surface area contributed by atoms with Crippen molar-refractivity contribution in [3.8, 4) is 11.5 Å². The first kappa shape index (κ1) is 26.4. The van der Waals surface area contributed by atoms with E-state index in [9.17, 15) is 4.79 Å². The van der Waals surface area contributed by atoms with Crippen molar-refractivity contribution in [1.82, 2.24) is 4.57 Å². The predicted molar refractivity (Wildman–Crippen MR) is 158 cm³/mol. The summed E-state index contributed by atoms with van der Waals surface area (Å²) in [7, 11) is 1.56. The number of primary amides is 1. The van der Waals surface area contributed by atoms with Gasteiger partial charge in [-0.05, 0) is 76.7 Å². The van der Waals surface area contributed by atoms with Gasteiger partial charge in [-0.15, -0.1) is 0 Å². The van der Waals surface area contributed by atoms with Crippen LogP contribution >= 0.6 is 0 Å². The maximum absolute atomic E-state index is 12.3. The molecule has 0 aliphatic rings.